The van der Waals surface area contributed by atoms with Crippen molar-refractivity contribution in [3.8, 4) is 0 Å². The zero-order chi connectivity index (χ0) is 13.2. The number of aromatic nitrogens is 3. The first-order valence-electron chi connectivity index (χ1n) is 6.16. The standard InChI is InChI=1S/C14H15N5/c15-12-8-13(16)18-19-11(9-17-14(12)19)7-6-10-4-2-1-3-5-10/h1-5,8-9H,6-7,15H2,(H2,16,18). The van der Waals surface area contributed by atoms with E-state index in [0.29, 0.717) is 17.2 Å². The Bertz CT molecular complexity index is 702. The second-order valence-electron chi connectivity index (χ2n) is 4.50. The van der Waals surface area contributed by atoms with E-state index in [4.69, 9.17) is 11.5 Å². The molecule has 0 bridgehead atoms. The van der Waals surface area contributed by atoms with Gasteiger partial charge >= 0.3 is 0 Å². The van der Waals surface area contributed by atoms with Crippen LogP contribution in [0.25, 0.3) is 5.65 Å². The Morgan fingerprint density at radius 3 is 2.63 bits per heavy atom. The molecule has 0 unspecified atom stereocenters. The Morgan fingerprint density at radius 1 is 1.05 bits per heavy atom. The van der Waals surface area contributed by atoms with Gasteiger partial charge in [0.25, 0.3) is 0 Å². The fraction of sp³-hybridized carbons (Fsp3) is 0.143. The number of benzene rings is 1. The maximum Gasteiger partial charge on any atom is 0.177 e. The molecule has 19 heavy (non-hydrogen) atoms. The minimum atomic E-state index is 0.406. The SMILES string of the molecule is Nc1cc(N)c2ncc(CCc3ccccc3)n2n1. The van der Waals surface area contributed by atoms with Crippen LogP contribution >= 0.6 is 0 Å². The maximum absolute atomic E-state index is 5.87. The smallest absolute Gasteiger partial charge is 0.177 e. The highest BCUT2D eigenvalue weighted by Gasteiger charge is 2.08. The number of nitrogens with two attached hydrogens (primary N) is 2. The number of hydrogen-bond acceptors (Lipinski definition) is 4. The number of rotatable bonds is 3. The first-order valence-corrected chi connectivity index (χ1v) is 6.16. The molecule has 4 N–H and O–H groups in total. The Balaban J connectivity index is 1.89. The van der Waals surface area contributed by atoms with Gasteiger partial charge in [-0.2, -0.15) is 0 Å². The molecule has 2 aromatic heterocycles. The number of aryl methyl sites for hydroxylation is 2. The van der Waals surface area contributed by atoms with E-state index in [0.717, 1.165) is 18.5 Å². The first-order chi connectivity index (χ1) is 9.24. The van der Waals surface area contributed by atoms with E-state index in [9.17, 15) is 0 Å². The van der Waals surface area contributed by atoms with Crippen LogP contribution in [0.3, 0.4) is 0 Å². The zero-order valence-electron chi connectivity index (χ0n) is 10.5. The van der Waals surface area contributed by atoms with Crippen LogP contribution in [0.5, 0.6) is 0 Å². The van der Waals surface area contributed by atoms with Crippen molar-refractivity contribution in [2.45, 2.75) is 12.8 Å². The van der Waals surface area contributed by atoms with E-state index >= 15 is 0 Å². The molecule has 0 radical (unpaired) electrons. The van der Waals surface area contributed by atoms with Crippen LogP contribution in [0.4, 0.5) is 11.5 Å². The molecule has 0 saturated carbocycles. The van der Waals surface area contributed by atoms with Gasteiger partial charge in [-0.05, 0) is 18.4 Å². The molecule has 5 heteroatoms. The van der Waals surface area contributed by atoms with Gasteiger partial charge in [-0.1, -0.05) is 30.3 Å². The predicted octanol–water partition coefficient (Wildman–Crippen LogP) is 1.68. The first kappa shape index (κ1) is 11.5. The highest BCUT2D eigenvalue weighted by molar-refractivity contribution is 5.67. The highest BCUT2D eigenvalue weighted by Crippen LogP contribution is 2.16. The van der Waals surface area contributed by atoms with Crippen LogP contribution < -0.4 is 11.5 Å². The summed E-state index contributed by atoms with van der Waals surface area (Å²) >= 11 is 0. The van der Waals surface area contributed by atoms with Gasteiger partial charge in [0.1, 0.15) is 5.82 Å². The van der Waals surface area contributed by atoms with Gasteiger partial charge in [-0.15, -0.1) is 5.10 Å². The van der Waals surface area contributed by atoms with E-state index in [1.807, 2.05) is 18.2 Å². The zero-order valence-corrected chi connectivity index (χ0v) is 10.5. The Hall–Kier alpha value is -2.56. The Kier molecular flexibility index (Phi) is 2.79. The summed E-state index contributed by atoms with van der Waals surface area (Å²) in [5, 5.41) is 4.26. The number of nitrogens with zero attached hydrogens (tertiary/aromatic N) is 3. The minimum absolute atomic E-state index is 0.406. The van der Waals surface area contributed by atoms with Crippen molar-refractivity contribution < 1.29 is 0 Å². The molecule has 1 aromatic carbocycles. The maximum atomic E-state index is 5.87. The molecule has 0 aliphatic carbocycles. The third-order valence-electron chi connectivity index (χ3n) is 3.10. The molecule has 0 saturated heterocycles. The lowest BCUT2D eigenvalue weighted by atomic mass is 10.1. The lowest BCUT2D eigenvalue weighted by Crippen LogP contribution is -2.05. The summed E-state index contributed by atoms with van der Waals surface area (Å²) in [5.74, 6) is 0.406. The fourth-order valence-corrected chi connectivity index (χ4v) is 2.15. The average molecular weight is 253 g/mol. The van der Waals surface area contributed by atoms with Gasteiger partial charge in [0.15, 0.2) is 5.65 Å². The second kappa shape index (κ2) is 4.61. The average Bonchev–Trinajstić information content (AvgIpc) is 2.81. The van der Waals surface area contributed by atoms with Crippen molar-refractivity contribution in [2.75, 3.05) is 11.5 Å². The molecule has 0 fully saturated rings. The van der Waals surface area contributed by atoms with Crippen LogP contribution in [-0.2, 0) is 12.8 Å². The summed E-state index contributed by atoms with van der Waals surface area (Å²) in [6.45, 7) is 0. The van der Waals surface area contributed by atoms with Gasteiger partial charge < -0.3 is 11.5 Å². The van der Waals surface area contributed by atoms with Gasteiger partial charge in [0.2, 0.25) is 0 Å². The second-order valence-corrected chi connectivity index (χ2v) is 4.50. The van der Waals surface area contributed by atoms with Gasteiger partial charge in [-0.25, -0.2) is 9.50 Å². The number of nitrogen functional groups attached to an aromatic ring is 2. The largest absolute Gasteiger partial charge is 0.396 e. The van der Waals surface area contributed by atoms with Crippen molar-refractivity contribution in [1.29, 1.82) is 0 Å². The van der Waals surface area contributed by atoms with Crippen molar-refractivity contribution in [2.24, 2.45) is 0 Å². The molecule has 0 atom stereocenters. The summed E-state index contributed by atoms with van der Waals surface area (Å²) < 4.78 is 1.73. The summed E-state index contributed by atoms with van der Waals surface area (Å²) in [4.78, 5) is 4.29. The van der Waals surface area contributed by atoms with E-state index < -0.39 is 0 Å². The lowest BCUT2D eigenvalue weighted by Gasteiger charge is -2.04. The Labute approximate surface area is 110 Å². The molecule has 5 nitrogen and oxygen atoms in total. The fourth-order valence-electron chi connectivity index (χ4n) is 2.15. The Morgan fingerprint density at radius 2 is 1.84 bits per heavy atom. The van der Waals surface area contributed by atoms with Gasteiger partial charge in [0.05, 0.1) is 17.6 Å². The topological polar surface area (TPSA) is 82.2 Å². The highest BCUT2D eigenvalue weighted by atomic mass is 15.3. The van der Waals surface area contributed by atoms with Crippen molar-refractivity contribution in [1.82, 2.24) is 14.6 Å². The predicted molar refractivity (Wildman–Crippen MR) is 75.7 cm³/mol. The minimum Gasteiger partial charge on any atom is -0.396 e. The van der Waals surface area contributed by atoms with E-state index in [1.54, 1.807) is 16.8 Å². The van der Waals surface area contributed by atoms with E-state index in [-0.39, 0.29) is 0 Å². The van der Waals surface area contributed by atoms with E-state index in [1.165, 1.54) is 5.56 Å². The van der Waals surface area contributed by atoms with Gasteiger partial charge in [0, 0.05) is 6.07 Å². The molecule has 3 rings (SSSR count). The summed E-state index contributed by atoms with van der Waals surface area (Å²) in [6, 6.07) is 11.9. The molecule has 0 aliphatic heterocycles. The number of fused-ring (bicyclic) bond motifs is 1. The lowest BCUT2D eigenvalue weighted by molar-refractivity contribution is 0.826. The van der Waals surface area contributed by atoms with Crippen molar-refractivity contribution in [3.63, 3.8) is 0 Å². The number of hydrogen-bond donors (Lipinski definition) is 2. The molecular weight excluding hydrogens is 238 g/mol. The molecule has 2 heterocycles. The van der Waals surface area contributed by atoms with Crippen molar-refractivity contribution in [3.05, 3.63) is 53.9 Å². The number of anilines is 2. The van der Waals surface area contributed by atoms with Crippen molar-refractivity contribution >= 4 is 17.2 Å². The summed E-state index contributed by atoms with van der Waals surface area (Å²) in [7, 11) is 0. The monoisotopic (exact) mass is 253 g/mol. The van der Waals surface area contributed by atoms with Crippen LogP contribution in [0.1, 0.15) is 11.3 Å². The molecule has 96 valence electrons. The summed E-state index contributed by atoms with van der Waals surface area (Å²) in [5.41, 5.74) is 15.1. The van der Waals surface area contributed by atoms with Crippen LogP contribution in [0, 0.1) is 0 Å². The van der Waals surface area contributed by atoms with Crippen LogP contribution in [0.15, 0.2) is 42.6 Å². The third-order valence-corrected chi connectivity index (χ3v) is 3.10. The summed E-state index contributed by atoms with van der Waals surface area (Å²) in [6.07, 6.45) is 3.59. The molecule has 0 aliphatic rings. The number of imidazole rings is 1. The third kappa shape index (κ3) is 2.22. The molecule has 0 amide bonds. The quantitative estimate of drug-likeness (QED) is 0.744. The van der Waals surface area contributed by atoms with E-state index in [2.05, 4.69) is 22.2 Å². The van der Waals surface area contributed by atoms with Crippen LogP contribution in [-0.4, -0.2) is 14.6 Å². The molecule has 3 aromatic rings. The molecule has 0 spiro atoms. The normalized spacial score (nSPS) is 10.9. The van der Waals surface area contributed by atoms with Gasteiger partial charge in [-0.3, -0.25) is 0 Å². The molecular formula is C14H15N5. The van der Waals surface area contributed by atoms with Crippen LogP contribution in [0.2, 0.25) is 0 Å².